The second-order valence-electron chi connectivity index (χ2n) is 5.85. The average Bonchev–Trinajstić information content (AvgIpc) is 2.47. The van der Waals surface area contributed by atoms with E-state index in [2.05, 4.69) is 18.3 Å². The Kier molecular flexibility index (Phi) is 5.12. The maximum Gasteiger partial charge on any atom is 0.161 e. The SMILES string of the molecule is CNC(CC1(OC)CCC1)c1cc(OC)c(OC)cc1C. The van der Waals surface area contributed by atoms with Crippen molar-refractivity contribution < 1.29 is 14.2 Å². The zero-order chi connectivity index (χ0) is 15.5. The van der Waals surface area contributed by atoms with E-state index < -0.39 is 0 Å². The van der Waals surface area contributed by atoms with Crippen LogP contribution in [0.25, 0.3) is 0 Å². The van der Waals surface area contributed by atoms with Crippen LogP contribution in [0, 0.1) is 6.92 Å². The number of aryl methyl sites for hydroxylation is 1. The summed E-state index contributed by atoms with van der Waals surface area (Å²) in [6, 6.07) is 4.38. The molecule has 0 spiro atoms. The molecule has 0 bridgehead atoms. The Hall–Kier alpha value is -1.26. The van der Waals surface area contributed by atoms with Gasteiger partial charge in [0.05, 0.1) is 19.8 Å². The van der Waals surface area contributed by atoms with Crippen LogP contribution in [0.4, 0.5) is 0 Å². The van der Waals surface area contributed by atoms with Crippen molar-refractivity contribution in [1.82, 2.24) is 5.32 Å². The second-order valence-corrected chi connectivity index (χ2v) is 5.85. The summed E-state index contributed by atoms with van der Waals surface area (Å²) in [6.45, 7) is 2.11. The summed E-state index contributed by atoms with van der Waals surface area (Å²) in [5.74, 6) is 1.55. The van der Waals surface area contributed by atoms with Gasteiger partial charge < -0.3 is 19.5 Å². The maximum absolute atomic E-state index is 5.77. The lowest BCUT2D eigenvalue weighted by atomic mass is 9.74. The fraction of sp³-hybridized carbons (Fsp3) is 0.647. The van der Waals surface area contributed by atoms with E-state index in [1.807, 2.05) is 20.2 Å². The molecule has 1 unspecified atom stereocenters. The average molecular weight is 293 g/mol. The number of hydrogen-bond acceptors (Lipinski definition) is 4. The summed E-state index contributed by atoms with van der Waals surface area (Å²) >= 11 is 0. The molecule has 1 aliphatic rings. The molecular formula is C17H27NO3. The summed E-state index contributed by atoms with van der Waals surface area (Å²) in [5.41, 5.74) is 2.49. The van der Waals surface area contributed by atoms with Crippen molar-refractivity contribution in [3.05, 3.63) is 23.3 Å². The molecule has 0 amide bonds. The zero-order valence-electron chi connectivity index (χ0n) is 13.8. The third kappa shape index (κ3) is 3.16. The predicted octanol–water partition coefficient (Wildman–Crippen LogP) is 3.23. The summed E-state index contributed by atoms with van der Waals surface area (Å²) in [4.78, 5) is 0. The minimum absolute atomic E-state index is 0.0350. The van der Waals surface area contributed by atoms with Crippen molar-refractivity contribution in [2.45, 2.75) is 44.2 Å². The first-order valence-corrected chi connectivity index (χ1v) is 7.54. The molecule has 1 saturated carbocycles. The fourth-order valence-corrected chi connectivity index (χ4v) is 3.17. The fourth-order valence-electron chi connectivity index (χ4n) is 3.17. The van der Waals surface area contributed by atoms with Gasteiger partial charge in [0.1, 0.15) is 0 Å². The summed E-state index contributed by atoms with van der Waals surface area (Å²) < 4.78 is 16.6. The van der Waals surface area contributed by atoms with E-state index in [1.54, 1.807) is 14.2 Å². The van der Waals surface area contributed by atoms with Crippen molar-refractivity contribution in [2.24, 2.45) is 0 Å². The largest absolute Gasteiger partial charge is 0.493 e. The highest BCUT2D eigenvalue weighted by molar-refractivity contribution is 5.48. The number of hydrogen-bond donors (Lipinski definition) is 1. The van der Waals surface area contributed by atoms with Gasteiger partial charge in [0.15, 0.2) is 11.5 Å². The van der Waals surface area contributed by atoms with Crippen LogP contribution >= 0.6 is 0 Å². The molecule has 0 aliphatic heterocycles. The molecule has 0 saturated heterocycles. The van der Waals surface area contributed by atoms with Gasteiger partial charge in [-0.1, -0.05) is 0 Å². The minimum Gasteiger partial charge on any atom is -0.493 e. The number of rotatable bonds is 7. The van der Waals surface area contributed by atoms with E-state index in [1.165, 1.54) is 17.5 Å². The van der Waals surface area contributed by atoms with Crippen LogP contribution in [0.15, 0.2) is 12.1 Å². The third-order valence-corrected chi connectivity index (χ3v) is 4.77. The van der Waals surface area contributed by atoms with E-state index in [0.29, 0.717) is 0 Å². The van der Waals surface area contributed by atoms with Crippen LogP contribution < -0.4 is 14.8 Å². The van der Waals surface area contributed by atoms with Gasteiger partial charge in [-0.3, -0.25) is 0 Å². The van der Waals surface area contributed by atoms with E-state index in [9.17, 15) is 0 Å². The molecule has 0 aromatic heterocycles. The van der Waals surface area contributed by atoms with Gasteiger partial charge in [-0.2, -0.15) is 0 Å². The molecule has 21 heavy (non-hydrogen) atoms. The van der Waals surface area contributed by atoms with Gasteiger partial charge in [0, 0.05) is 13.2 Å². The standard InChI is InChI=1S/C17H27NO3/c1-12-9-15(19-3)16(20-4)10-13(12)14(18-2)11-17(21-5)7-6-8-17/h9-10,14,18H,6-8,11H2,1-5H3. The maximum atomic E-state index is 5.77. The van der Waals surface area contributed by atoms with E-state index in [4.69, 9.17) is 14.2 Å². The Morgan fingerprint density at radius 2 is 1.76 bits per heavy atom. The summed E-state index contributed by atoms with van der Waals surface area (Å²) in [5, 5.41) is 3.43. The van der Waals surface area contributed by atoms with Crippen molar-refractivity contribution in [2.75, 3.05) is 28.4 Å². The molecule has 1 fully saturated rings. The Bertz CT molecular complexity index is 478. The van der Waals surface area contributed by atoms with Crippen LogP contribution in [-0.2, 0) is 4.74 Å². The second kappa shape index (κ2) is 6.67. The van der Waals surface area contributed by atoms with Gasteiger partial charge in [-0.15, -0.1) is 0 Å². The molecular weight excluding hydrogens is 266 g/mol. The van der Waals surface area contributed by atoms with Gasteiger partial charge in [0.2, 0.25) is 0 Å². The minimum atomic E-state index is 0.0350. The Morgan fingerprint density at radius 1 is 1.14 bits per heavy atom. The smallest absolute Gasteiger partial charge is 0.161 e. The summed E-state index contributed by atoms with van der Waals surface area (Å²) in [6.07, 6.45) is 4.54. The number of nitrogens with one attached hydrogen (secondary N) is 1. The van der Waals surface area contributed by atoms with Crippen LogP contribution in [0.3, 0.4) is 0 Å². The normalized spacial score (nSPS) is 18.0. The molecule has 118 valence electrons. The topological polar surface area (TPSA) is 39.7 Å². The monoisotopic (exact) mass is 293 g/mol. The first-order chi connectivity index (χ1) is 10.1. The highest BCUT2D eigenvalue weighted by Crippen LogP contribution is 2.43. The molecule has 1 N–H and O–H groups in total. The third-order valence-electron chi connectivity index (χ3n) is 4.77. The van der Waals surface area contributed by atoms with Crippen molar-refractivity contribution in [3.63, 3.8) is 0 Å². The molecule has 2 rings (SSSR count). The van der Waals surface area contributed by atoms with Crippen LogP contribution in [0.5, 0.6) is 11.5 Å². The predicted molar refractivity (Wildman–Crippen MR) is 84.3 cm³/mol. The molecule has 0 heterocycles. The number of ether oxygens (including phenoxy) is 3. The van der Waals surface area contributed by atoms with E-state index in [-0.39, 0.29) is 11.6 Å². The molecule has 1 aromatic carbocycles. The van der Waals surface area contributed by atoms with Crippen molar-refractivity contribution in [3.8, 4) is 11.5 Å². The van der Waals surface area contributed by atoms with E-state index in [0.717, 1.165) is 30.8 Å². The Morgan fingerprint density at radius 3 is 2.19 bits per heavy atom. The van der Waals surface area contributed by atoms with Crippen LogP contribution in [0.2, 0.25) is 0 Å². The zero-order valence-corrected chi connectivity index (χ0v) is 13.8. The van der Waals surface area contributed by atoms with Gasteiger partial charge in [-0.25, -0.2) is 0 Å². The molecule has 4 nitrogen and oxygen atoms in total. The van der Waals surface area contributed by atoms with Crippen molar-refractivity contribution >= 4 is 0 Å². The molecule has 4 heteroatoms. The van der Waals surface area contributed by atoms with Crippen LogP contribution in [-0.4, -0.2) is 34.0 Å². The highest BCUT2D eigenvalue weighted by Gasteiger charge is 2.39. The molecule has 0 radical (unpaired) electrons. The van der Waals surface area contributed by atoms with Crippen molar-refractivity contribution in [1.29, 1.82) is 0 Å². The quantitative estimate of drug-likeness (QED) is 0.838. The number of methoxy groups -OCH3 is 3. The molecule has 1 aromatic rings. The van der Waals surface area contributed by atoms with Crippen LogP contribution in [0.1, 0.15) is 42.9 Å². The lowest BCUT2D eigenvalue weighted by molar-refractivity contribution is -0.0834. The highest BCUT2D eigenvalue weighted by atomic mass is 16.5. The molecule has 1 atom stereocenters. The Balaban J connectivity index is 2.29. The van der Waals surface area contributed by atoms with Gasteiger partial charge in [0.25, 0.3) is 0 Å². The summed E-state index contributed by atoms with van der Waals surface area (Å²) in [7, 11) is 7.17. The van der Waals surface area contributed by atoms with Gasteiger partial charge >= 0.3 is 0 Å². The number of benzene rings is 1. The van der Waals surface area contributed by atoms with E-state index >= 15 is 0 Å². The Labute approximate surface area is 127 Å². The van der Waals surface area contributed by atoms with Gasteiger partial charge in [-0.05, 0) is 62.9 Å². The molecule has 1 aliphatic carbocycles. The first-order valence-electron chi connectivity index (χ1n) is 7.54. The first kappa shape index (κ1) is 16.1. The lowest BCUT2D eigenvalue weighted by Crippen LogP contribution is -2.42. The lowest BCUT2D eigenvalue weighted by Gasteiger charge is -2.43.